The zero-order chi connectivity index (χ0) is 22.3. The molecule has 2 aromatic carbocycles. The molecule has 0 saturated carbocycles. The number of hydrogen-bond donors (Lipinski definition) is 1. The molecule has 1 aromatic heterocycles. The van der Waals surface area contributed by atoms with E-state index in [0.717, 1.165) is 4.88 Å². The summed E-state index contributed by atoms with van der Waals surface area (Å²) in [5.74, 6) is 0.466. The first-order chi connectivity index (χ1) is 14.8. The van der Waals surface area contributed by atoms with Crippen LogP contribution in [0.2, 0.25) is 5.02 Å². The van der Waals surface area contributed by atoms with Crippen molar-refractivity contribution in [2.45, 2.75) is 17.9 Å². The maximum absolute atomic E-state index is 12.7. The van der Waals surface area contributed by atoms with Crippen LogP contribution in [0.4, 0.5) is 0 Å². The van der Waals surface area contributed by atoms with Crippen LogP contribution in [0.5, 0.6) is 5.75 Å². The molecule has 0 atom stereocenters. The quantitative estimate of drug-likeness (QED) is 0.437. The molecular weight excluding hydrogens is 456 g/mol. The van der Waals surface area contributed by atoms with Gasteiger partial charge in [-0.15, -0.1) is 11.3 Å². The molecule has 0 fully saturated rings. The summed E-state index contributed by atoms with van der Waals surface area (Å²) in [5, 5.41) is 2.53. The summed E-state index contributed by atoms with van der Waals surface area (Å²) in [4.78, 5) is 15.3. The average molecular weight is 479 g/mol. The van der Waals surface area contributed by atoms with Gasteiger partial charge in [-0.2, -0.15) is 0 Å². The van der Waals surface area contributed by atoms with E-state index in [1.807, 2.05) is 17.5 Å². The second-order valence-electron chi connectivity index (χ2n) is 6.81. The number of benzene rings is 2. The summed E-state index contributed by atoms with van der Waals surface area (Å²) < 4.78 is 33.4. The summed E-state index contributed by atoms with van der Waals surface area (Å²) >= 11 is 7.32. The van der Waals surface area contributed by atoms with Gasteiger partial charge >= 0.3 is 0 Å². The summed E-state index contributed by atoms with van der Waals surface area (Å²) in [6, 6.07) is 16.9. The van der Waals surface area contributed by atoms with Crippen LogP contribution in [-0.4, -0.2) is 39.4 Å². The highest BCUT2D eigenvalue weighted by Crippen LogP contribution is 2.17. The van der Waals surface area contributed by atoms with E-state index >= 15 is 0 Å². The third kappa shape index (κ3) is 6.80. The maximum Gasteiger partial charge on any atom is 0.253 e. The van der Waals surface area contributed by atoms with Gasteiger partial charge in [-0.25, -0.2) is 13.1 Å². The number of nitrogens with zero attached hydrogens (tertiary/aromatic N) is 1. The highest BCUT2D eigenvalue weighted by atomic mass is 35.5. The predicted molar refractivity (Wildman–Crippen MR) is 123 cm³/mol. The molecule has 0 aliphatic carbocycles. The van der Waals surface area contributed by atoms with Gasteiger partial charge < -0.3 is 9.64 Å². The van der Waals surface area contributed by atoms with Crippen LogP contribution in [0.1, 0.15) is 21.7 Å². The van der Waals surface area contributed by atoms with E-state index in [9.17, 15) is 13.2 Å². The van der Waals surface area contributed by atoms with Gasteiger partial charge in [0.1, 0.15) is 5.75 Å². The lowest BCUT2D eigenvalue weighted by atomic mass is 10.2. The fourth-order valence-corrected chi connectivity index (χ4v) is 4.72. The molecule has 0 saturated heterocycles. The first-order valence-corrected chi connectivity index (χ1v) is 12.4. The minimum absolute atomic E-state index is 0.0642. The van der Waals surface area contributed by atoms with E-state index in [1.54, 1.807) is 48.3 Å². The lowest BCUT2D eigenvalue weighted by Crippen LogP contribution is -2.29. The summed E-state index contributed by atoms with van der Waals surface area (Å²) in [7, 11) is -2.03. The third-order valence-corrected chi connectivity index (χ3v) is 7.00. The summed E-state index contributed by atoms with van der Waals surface area (Å²) in [5.41, 5.74) is 0.320. The van der Waals surface area contributed by atoms with Gasteiger partial charge in [-0.3, -0.25) is 4.79 Å². The van der Waals surface area contributed by atoms with Crippen LogP contribution in [0, 0.1) is 0 Å². The lowest BCUT2D eigenvalue weighted by Gasteiger charge is -2.18. The van der Waals surface area contributed by atoms with Crippen LogP contribution >= 0.6 is 22.9 Å². The number of carbonyl (C=O) groups excluding carboxylic acids is 1. The van der Waals surface area contributed by atoms with Crippen LogP contribution in [0.25, 0.3) is 0 Å². The molecule has 31 heavy (non-hydrogen) atoms. The largest absolute Gasteiger partial charge is 0.494 e. The fraction of sp³-hybridized carbons (Fsp3) is 0.227. The number of halogens is 1. The summed E-state index contributed by atoms with van der Waals surface area (Å²) in [6.45, 7) is 1.13. The van der Waals surface area contributed by atoms with Crippen molar-refractivity contribution in [3.05, 3.63) is 81.5 Å². The van der Waals surface area contributed by atoms with Gasteiger partial charge in [0.05, 0.1) is 11.5 Å². The second-order valence-corrected chi connectivity index (χ2v) is 10.1. The number of rotatable bonds is 10. The monoisotopic (exact) mass is 478 g/mol. The van der Waals surface area contributed by atoms with Gasteiger partial charge in [0.15, 0.2) is 0 Å². The van der Waals surface area contributed by atoms with Crippen molar-refractivity contribution in [3.63, 3.8) is 0 Å². The van der Waals surface area contributed by atoms with Crippen LogP contribution in [-0.2, 0) is 16.6 Å². The van der Waals surface area contributed by atoms with Gasteiger partial charge in [-0.1, -0.05) is 23.7 Å². The van der Waals surface area contributed by atoms with Gasteiger partial charge in [0, 0.05) is 35.6 Å². The molecule has 164 valence electrons. The number of carbonyl (C=O) groups is 1. The summed E-state index contributed by atoms with van der Waals surface area (Å²) in [6.07, 6.45) is 0.630. The van der Waals surface area contributed by atoms with E-state index in [4.69, 9.17) is 16.3 Å². The number of sulfonamides is 1. The normalized spacial score (nSPS) is 11.3. The molecule has 3 rings (SSSR count). The Kier molecular flexibility index (Phi) is 8.09. The highest BCUT2D eigenvalue weighted by Gasteiger charge is 2.18. The first kappa shape index (κ1) is 23.3. The lowest BCUT2D eigenvalue weighted by molar-refractivity contribution is 0.0787. The van der Waals surface area contributed by atoms with Crippen molar-refractivity contribution in [2.75, 3.05) is 20.2 Å². The minimum atomic E-state index is -3.72. The van der Waals surface area contributed by atoms with E-state index in [2.05, 4.69) is 4.72 Å². The molecule has 6 nitrogen and oxygen atoms in total. The molecular formula is C22H23ClN2O4S2. The molecule has 0 radical (unpaired) electrons. The van der Waals surface area contributed by atoms with Crippen molar-refractivity contribution in [1.82, 2.24) is 9.62 Å². The zero-order valence-corrected chi connectivity index (χ0v) is 19.3. The number of thiophene rings is 1. The number of nitrogens with one attached hydrogen (secondary N) is 1. The molecule has 0 unspecified atom stereocenters. The molecule has 1 amide bonds. The Morgan fingerprint density at radius 3 is 2.61 bits per heavy atom. The smallest absolute Gasteiger partial charge is 0.253 e. The Labute approximate surface area is 191 Å². The number of amides is 1. The minimum Gasteiger partial charge on any atom is -0.494 e. The number of hydrogen-bond acceptors (Lipinski definition) is 5. The number of ether oxygens (including phenoxy) is 1. The van der Waals surface area contributed by atoms with E-state index in [0.29, 0.717) is 35.9 Å². The van der Waals surface area contributed by atoms with Crippen LogP contribution in [0.3, 0.4) is 0 Å². The van der Waals surface area contributed by atoms with Crippen LogP contribution in [0.15, 0.2) is 70.9 Å². The molecule has 0 spiro atoms. The Morgan fingerprint density at radius 1 is 1.13 bits per heavy atom. The predicted octanol–water partition coefficient (Wildman–Crippen LogP) is 4.42. The molecule has 1 N–H and O–H groups in total. The first-order valence-electron chi connectivity index (χ1n) is 9.61. The van der Waals surface area contributed by atoms with Crippen molar-refractivity contribution in [1.29, 1.82) is 0 Å². The Balaban J connectivity index is 1.53. The third-order valence-electron chi connectivity index (χ3n) is 4.47. The van der Waals surface area contributed by atoms with Gasteiger partial charge in [-0.05, 0) is 60.3 Å². The molecule has 3 aromatic rings. The molecule has 0 aliphatic heterocycles. The van der Waals surface area contributed by atoms with Crippen molar-refractivity contribution in [2.24, 2.45) is 0 Å². The highest BCUT2D eigenvalue weighted by molar-refractivity contribution is 7.89. The van der Waals surface area contributed by atoms with E-state index < -0.39 is 10.0 Å². The van der Waals surface area contributed by atoms with Crippen LogP contribution < -0.4 is 9.46 Å². The Bertz CT molecular complexity index is 1100. The SMILES string of the molecule is CN(CCCOc1ccc(Cl)cc1)C(=O)c1cccc(S(=O)(=O)NCc2cccs2)c1. The van der Waals surface area contributed by atoms with Gasteiger partial charge in [0.25, 0.3) is 5.91 Å². The van der Waals surface area contributed by atoms with Crippen molar-refractivity contribution in [3.8, 4) is 5.75 Å². The Morgan fingerprint density at radius 2 is 1.90 bits per heavy atom. The molecule has 0 aliphatic rings. The average Bonchev–Trinajstić information content (AvgIpc) is 3.30. The molecule has 9 heteroatoms. The van der Waals surface area contributed by atoms with Crippen molar-refractivity contribution < 1.29 is 17.9 Å². The standard InChI is InChI=1S/C22H23ClN2O4S2/c1-25(12-4-13-29-19-10-8-18(23)9-11-19)22(26)17-5-2-7-21(15-17)31(27,28)24-16-20-6-3-14-30-20/h2-3,5-11,14-15,24H,4,12-13,16H2,1H3. The molecule has 1 heterocycles. The van der Waals surface area contributed by atoms with E-state index in [-0.39, 0.29) is 17.3 Å². The molecule has 0 bridgehead atoms. The second kappa shape index (κ2) is 10.8. The Hall–Kier alpha value is -2.39. The topological polar surface area (TPSA) is 75.7 Å². The zero-order valence-electron chi connectivity index (χ0n) is 17.0. The van der Waals surface area contributed by atoms with Crippen molar-refractivity contribution >= 4 is 38.9 Å². The van der Waals surface area contributed by atoms with E-state index in [1.165, 1.54) is 23.5 Å². The van der Waals surface area contributed by atoms with Gasteiger partial charge in [0.2, 0.25) is 10.0 Å². The fourth-order valence-electron chi connectivity index (χ4n) is 2.80. The maximum atomic E-state index is 12.7.